The van der Waals surface area contributed by atoms with Gasteiger partial charge in [0.25, 0.3) is 0 Å². The van der Waals surface area contributed by atoms with E-state index in [0.717, 1.165) is 0 Å². The zero-order valence-electron chi connectivity index (χ0n) is 9.20. The average molecular weight is 242 g/mol. The molecule has 0 aliphatic carbocycles. The van der Waals surface area contributed by atoms with E-state index < -0.39 is 5.97 Å². The predicted octanol–water partition coefficient (Wildman–Crippen LogP) is 1.08. The summed E-state index contributed by atoms with van der Waals surface area (Å²) in [4.78, 5) is 23.2. The second kappa shape index (κ2) is 6.24. The van der Waals surface area contributed by atoms with E-state index in [1.54, 1.807) is 18.5 Å². The van der Waals surface area contributed by atoms with E-state index in [-0.39, 0.29) is 5.91 Å². The van der Waals surface area contributed by atoms with Crippen molar-refractivity contribution >= 4 is 28.9 Å². The van der Waals surface area contributed by atoms with Crippen LogP contribution in [0.3, 0.4) is 0 Å². The minimum Gasteiger partial charge on any atom is -0.465 e. The summed E-state index contributed by atoms with van der Waals surface area (Å²) >= 11 is 1.24. The topological polar surface area (TPSA) is 67.4 Å². The molecule has 0 aliphatic rings. The number of hydrogen-bond donors (Lipinski definition) is 2. The molecule has 0 atom stereocenters. The number of esters is 1. The first-order valence-corrected chi connectivity index (χ1v) is 5.67. The zero-order valence-corrected chi connectivity index (χ0v) is 10.0. The zero-order chi connectivity index (χ0) is 12.0. The minimum absolute atomic E-state index is 0.127. The first kappa shape index (κ1) is 12.7. The van der Waals surface area contributed by atoms with E-state index >= 15 is 0 Å². The first-order valence-electron chi connectivity index (χ1n) is 4.79. The number of ether oxygens (including phenoxy) is 1. The van der Waals surface area contributed by atoms with Crippen LogP contribution in [0.5, 0.6) is 0 Å². The molecule has 0 fully saturated rings. The third-order valence-corrected chi connectivity index (χ3v) is 2.81. The number of amides is 1. The molecule has 5 nitrogen and oxygen atoms in total. The number of hydrogen-bond acceptors (Lipinski definition) is 5. The molecule has 0 unspecified atom stereocenters. The second-order valence-electron chi connectivity index (χ2n) is 3.06. The molecule has 6 heteroatoms. The van der Waals surface area contributed by atoms with E-state index in [4.69, 9.17) is 0 Å². The molecular weight excluding hydrogens is 228 g/mol. The number of carbonyl (C=O) groups excluding carboxylic acids is 2. The Labute approximate surface area is 97.8 Å². The predicted molar refractivity (Wildman–Crippen MR) is 62.8 cm³/mol. The Balaban J connectivity index is 2.63. The van der Waals surface area contributed by atoms with E-state index in [9.17, 15) is 9.59 Å². The smallest absolute Gasteiger partial charge is 0.350 e. The van der Waals surface area contributed by atoms with Gasteiger partial charge in [0.2, 0.25) is 5.91 Å². The maximum absolute atomic E-state index is 11.4. The Morgan fingerprint density at radius 1 is 1.50 bits per heavy atom. The Morgan fingerprint density at radius 2 is 2.25 bits per heavy atom. The van der Waals surface area contributed by atoms with Crippen LogP contribution >= 0.6 is 11.3 Å². The van der Waals surface area contributed by atoms with Gasteiger partial charge in [0.05, 0.1) is 12.8 Å². The van der Waals surface area contributed by atoms with Gasteiger partial charge in [-0.1, -0.05) is 0 Å². The van der Waals surface area contributed by atoms with Crippen molar-refractivity contribution in [1.29, 1.82) is 0 Å². The Morgan fingerprint density at radius 3 is 2.88 bits per heavy atom. The van der Waals surface area contributed by atoms with E-state index in [1.165, 1.54) is 18.4 Å². The molecule has 0 radical (unpaired) electrons. The van der Waals surface area contributed by atoms with Crippen LogP contribution < -0.4 is 10.6 Å². The summed E-state index contributed by atoms with van der Waals surface area (Å²) in [7, 11) is 3.09. The van der Waals surface area contributed by atoms with Crippen LogP contribution in [0.15, 0.2) is 11.4 Å². The molecule has 0 spiro atoms. The number of carbonyl (C=O) groups is 2. The van der Waals surface area contributed by atoms with Crippen LogP contribution in [0, 0.1) is 0 Å². The second-order valence-corrected chi connectivity index (χ2v) is 3.97. The third kappa shape index (κ3) is 3.32. The summed E-state index contributed by atoms with van der Waals surface area (Å²) in [5.41, 5.74) is 0.512. The summed E-state index contributed by atoms with van der Waals surface area (Å²) in [5.74, 6) is -0.559. The van der Waals surface area contributed by atoms with Crippen LogP contribution in [0.1, 0.15) is 16.1 Å². The number of methoxy groups -OCH3 is 1. The van der Waals surface area contributed by atoms with Crippen molar-refractivity contribution in [3.8, 4) is 0 Å². The number of anilines is 1. The van der Waals surface area contributed by atoms with Gasteiger partial charge in [0.15, 0.2) is 0 Å². The molecule has 1 aromatic rings. The van der Waals surface area contributed by atoms with Crippen molar-refractivity contribution in [2.45, 2.75) is 6.42 Å². The normalized spacial score (nSPS) is 9.88. The number of rotatable bonds is 5. The summed E-state index contributed by atoms with van der Waals surface area (Å²) < 4.78 is 4.61. The van der Waals surface area contributed by atoms with Crippen molar-refractivity contribution in [3.63, 3.8) is 0 Å². The Bertz CT molecular complexity index is 376. The Kier molecular flexibility index (Phi) is 4.94. The number of nitrogens with one attached hydrogen (secondary N) is 2. The molecule has 0 saturated heterocycles. The molecule has 0 aromatic carbocycles. The molecule has 1 aromatic heterocycles. The van der Waals surface area contributed by atoms with Crippen molar-refractivity contribution in [3.05, 3.63) is 16.3 Å². The molecule has 16 heavy (non-hydrogen) atoms. The van der Waals surface area contributed by atoms with Crippen LogP contribution in [-0.4, -0.2) is 32.6 Å². The standard InChI is InChI=1S/C10H14N2O3S/c1-11-5-3-8(13)12-7-4-6-16-9(7)10(14)15-2/h4,6,11H,3,5H2,1-2H3,(H,12,13). The summed E-state index contributed by atoms with van der Waals surface area (Å²) in [6, 6.07) is 1.69. The van der Waals surface area contributed by atoms with Crippen LogP contribution in [0.2, 0.25) is 0 Å². The van der Waals surface area contributed by atoms with Gasteiger partial charge in [0, 0.05) is 13.0 Å². The molecule has 0 aliphatic heterocycles. The molecule has 0 bridgehead atoms. The van der Waals surface area contributed by atoms with Gasteiger partial charge in [-0.3, -0.25) is 4.79 Å². The fourth-order valence-corrected chi connectivity index (χ4v) is 1.88. The highest BCUT2D eigenvalue weighted by atomic mass is 32.1. The lowest BCUT2D eigenvalue weighted by atomic mass is 10.3. The molecular formula is C10H14N2O3S. The van der Waals surface area contributed by atoms with Crippen LogP contribution in [-0.2, 0) is 9.53 Å². The van der Waals surface area contributed by atoms with Gasteiger partial charge >= 0.3 is 5.97 Å². The van der Waals surface area contributed by atoms with Crippen molar-refractivity contribution in [2.24, 2.45) is 0 Å². The molecule has 0 saturated carbocycles. The highest BCUT2D eigenvalue weighted by molar-refractivity contribution is 7.12. The largest absolute Gasteiger partial charge is 0.465 e. The van der Waals surface area contributed by atoms with E-state index in [1.807, 2.05) is 0 Å². The highest BCUT2D eigenvalue weighted by Gasteiger charge is 2.14. The van der Waals surface area contributed by atoms with Crippen LogP contribution in [0.4, 0.5) is 5.69 Å². The quantitative estimate of drug-likeness (QED) is 0.758. The van der Waals surface area contributed by atoms with Crippen molar-refractivity contribution < 1.29 is 14.3 Å². The average Bonchev–Trinajstić information content (AvgIpc) is 2.73. The lowest BCUT2D eigenvalue weighted by Crippen LogP contribution is -2.19. The molecule has 1 amide bonds. The fraction of sp³-hybridized carbons (Fsp3) is 0.400. The van der Waals surface area contributed by atoms with E-state index in [0.29, 0.717) is 23.5 Å². The minimum atomic E-state index is -0.432. The molecule has 88 valence electrons. The van der Waals surface area contributed by atoms with Gasteiger partial charge in [-0.2, -0.15) is 0 Å². The maximum Gasteiger partial charge on any atom is 0.350 e. The maximum atomic E-state index is 11.4. The first-order chi connectivity index (χ1) is 7.69. The summed E-state index contributed by atoms with van der Waals surface area (Å²) in [6.07, 6.45) is 0.368. The van der Waals surface area contributed by atoms with Crippen molar-refractivity contribution in [1.82, 2.24) is 5.32 Å². The lowest BCUT2D eigenvalue weighted by molar-refractivity contribution is -0.116. The van der Waals surface area contributed by atoms with Crippen molar-refractivity contribution in [2.75, 3.05) is 26.0 Å². The third-order valence-electron chi connectivity index (χ3n) is 1.91. The molecule has 1 rings (SSSR count). The van der Waals surface area contributed by atoms with Crippen LogP contribution in [0.25, 0.3) is 0 Å². The van der Waals surface area contributed by atoms with Gasteiger partial charge in [-0.25, -0.2) is 4.79 Å². The molecule has 2 N–H and O–H groups in total. The SMILES string of the molecule is CNCCC(=O)Nc1ccsc1C(=O)OC. The van der Waals surface area contributed by atoms with Gasteiger partial charge < -0.3 is 15.4 Å². The number of thiophene rings is 1. The van der Waals surface area contributed by atoms with Gasteiger partial charge in [0.1, 0.15) is 4.88 Å². The summed E-state index contributed by atoms with van der Waals surface area (Å²) in [5, 5.41) is 7.28. The van der Waals surface area contributed by atoms with Gasteiger partial charge in [-0.05, 0) is 18.5 Å². The highest BCUT2D eigenvalue weighted by Crippen LogP contribution is 2.23. The monoisotopic (exact) mass is 242 g/mol. The van der Waals surface area contributed by atoms with E-state index in [2.05, 4.69) is 15.4 Å². The Hall–Kier alpha value is -1.40. The fourth-order valence-electron chi connectivity index (χ4n) is 1.11. The summed E-state index contributed by atoms with van der Waals surface area (Å²) in [6.45, 7) is 0.601. The molecule has 1 heterocycles. The lowest BCUT2D eigenvalue weighted by Gasteiger charge is -2.04. The van der Waals surface area contributed by atoms with Gasteiger partial charge in [-0.15, -0.1) is 11.3 Å².